The van der Waals surface area contributed by atoms with E-state index in [1.165, 1.54) is 12.1 Å². The van der Waals surface area contributed by atoms with Crippen LogP contribution >= 0.6 is 0 Å². The second kappa shape index (κ2) is 10.7. The molecule has 166 valence electrons. The Balaban J connectivity index is 1.36. The average Bonchev–Trinajstić information content (AvgIpc) is 2.84. The van der Waals surface area contributed by atoms with Crippen LogP contribution in [0.3, 0.4) is 0 Å². The van der Waals surface area contributed by atoms with E-state index in [9.17, 15) is 13.7 Å². The molecule has 1 unspecified atom stereocenters. The van der Waals surface area contributed by atoms with E-state index in [0.29, 0.717) is 21.8 Å². The molecule has 0 aliphatic rings. The van der Waals surface area contributed by atoms with Crippen molar-refractivity contribution in [1.82, 2.24) is 5.32 Å². The Morgan fingerprint density at radius 1 is 0.818 bits per heavy atom. The molecule has 0 aromatic heterocycles. The lowest BCUT2D eigenvalue weighted by molar-refractivity contribution is 0.251. The van der Waals surface area contributed by atoms with Crippen molar-refractivity contribution in [2.24, 2.45) is 0 Å². The Bertz CT molecular complexity index is 1220. The Morgan fingerprint density at radius 3 is 2.27 bits per heavy atom. The highest BCUT2D eigenvalue weighted by Crippen LogP contribution is 2.28. The van der Waals surface area contributed by atoms with Crippen molar-refractivity contribution in [3.63, 3.8) is 0 Å². The maximum atomic E-state index is 13.2. The molecule has 0 saturated heterocycles. The summed E-state index contributed by atoms with van der Waals surface area (Å²) in [5, 5.41) is 5.41. The van der Waals surface area contributed by atoms with Crippen LogP contribution in [-0.2, 0) is 17.9 Å². The zero-order valence-electron chi connectivity index (χ0n) is 17.6. The number of anilines is 2. The summed E-state index contributed by atoms with van der Waals surface area (Å²) in [7, 11) is 0. The van der Waals surface area contributed by atoms with Crippen molar-refractivity contribution in [2.75, 3.05) is 10.0 Å². The van der Waals surface area contributed by atoms with Gasteiger partial charge < -0.3 is 15.2 Å². The third kappa shape index (κ3) is 6.12. The highest BCUT2D eigenvalue weighted by atomic mass is 32.2. The van der Waals surface area contributed by atoms with Crippen LogP contribution in [-0.4, -0.2) is 10.6 Å². The molecule has 0 spiro atoms. The zero-order valence-corrected chi connectivity index (χ0v) is 18.4. The van der Waals surface area contributed by atoms with Crippen molar-refractivity contribution in [2.45, 2.75) is 11.4 Å². The van der Waals surface area contributed by atoms with Gasteiger partial charge in [0.25, 0.3) is 0 Å². The van der Waals surface area contributed by atoms with Gasteiger partial charge in [-0.05, 0) is 59.7 Å². The first-order valence-electron chi connectivity index (χ1n) is 10.3. The van der Waals surface area contributed by atoms with Crippen molar-refractivity contribution in [1.29, 1.82) is 0 Å². The van der Waals surface area contributed by atoms with Gasteiger partial charge in [0.15, 0.2) is 4.90 Å². The van der Waals surface area contributed by atoms with Crippen molar-refractivity contribution in [3.8, 4) is 11.1 Å². The monoisotopic (exact) mass is 459 g/mol. The summed E-state index contributed by atoms with van der Waals surface area (Å²) in [5.74, 6) is -0.346. The number of carbonyl (C=O) groups excluding carboxylic acids is 1. The lowest BCUT2D eigenvalue weighted by atomic mass is 10.1. The van der Waals surface area contributed by atoms with E-state index < -0.39 is 17.4 Å². The molecule has 0 aliphatic heterocycles. The van der Waals surface area contributed by atoms with Gasteiger partial charge in [0.05, 0.1) is 5.69 Å². The molecule has 5 nitrogen and oxygen atoms in total. The summed E-state index contributed by atoms with van der Waals surface area (Å²) in [6.45, 7) is 0.211. The van der Waals surface area contributed by atoms with Gasteiger partial charge >= 0.3 is 6.03 Å². The van der Waals surface area contributed by atoms with Crippen molar-refractivity contribution < 1.29 is 13.7 Å². The highest BCUT2D eigenvalue weighted by Gasteiger charge is 2.17. The van der Waals surface area contributed by atoms with E-state index in [1.807, 2.05) is 54.6 Å². The largest absolute Gasteiger partial charge is 0.588 e. The summed E-state index contributed by atoms with van der Waals surface area (Å²) in [6.07, 6.45) is 0. The number of benzene rings is 4. The fraction of sp³-hybridized carbons (Fsp3) is 0.0385. The van der Waals surface area contributed by atoms with Crippen LogP contribution in [0.1, 0.15) is 5.56 Å². The van der Waals surface area contributed by atoms with Gasteiger partial charge in [-0.1, -0.05) is 54.6 Å². The molecule has 1 atom stereocenters. The summed E-state index contributed by atoms with van der Waals surface area (Å²) in [6, 6.07) is 29.9. The fourth-order valence-corrected chi connectivity index (χ4v) is 4.32. The number of amides is 2. The SMILES string of the molecule is O=C(NCc1cccc(F)c1)Nc1ccc(N[S+]([O-])c2ccccc2-c2ccccc2)cc1. The first kappa shape index (κ1) is 22.4. The van der Waals surface area contributed by atoms with Crippen LogP contribution in [0.2, 0.25) is 0 Å². The molecule has 0 bridgehead atoms. The fourth-order valence-electron chi connectivity index (χ4n) is 3.27. The minimum absolute atomic E-state index is 0.211. The van der Waals surface area contributed by atoms with E-state index >= 15 is 0 Å². The topological polar surface area (TPSA) is 76.2 Å². The predicted octanol–water partition coefficient (Wildman–Crippen LogP) is 5.95. The molecule has 0 radical (unpaired) electrons. The standard InChI is InChI=1S/C26H22FN3O2S/c27-21-10-6-7-19(17-21)18-28-26(31)29-22-13-15-23(16-14-22)30-33(32)25-12-5-4-11-24(25)20-8-2-1-3-9-20/h1-17,30H,18H2,(H2,28,29,31). The minimum atomic E-state index is -1.47. The molecule has 0 aliphatic carbocycles. The molecule has 4 aromatic rings. The van der Waals surface area contributed by atoms with Gasteiger partial charge in [-0.15, -0.1) is 0 Å². The minimum Gasteiger partial charge on any atom is -0.588 e. The second-order valence-corrected chi connectivity index (χ2v) is 8.43. The van der Waals surface area contributed by atoms with E-state index in [4.69, 9.17) is 0 Å². The Morgan fingerprint density at radius 2 is 1.52 bits per heavy atom. The highest BCUT2D eigenvalue weighted by molar-refractivity contribution is 7.92. The van der Waals surface area contributed by atoms with Crippen molar-refractivity contribution in [3.05, 3.63) is 115 Å². The number of hydrogen-bond acceptors (Lipinski definition) is 3. The van der Waals surface area contributed by atoms with Crippen LogP contribution in [0, 0.1) is 5.82 Å². The number of hydrogen-bond donors (Lipinski definition) is 3. The van der Waals surface area contributed by atoms with Crippen LogP contribution in [0.5, 0.6) is 0 Å². The van der Waals surface area contributed by atoms with Gasteiger partial charge in [-0.25, -0.2) is 13.9 Å². The Kier molecular flexibility index (Phi) is 7.24. The molecular formula is C26H22FN3O2S. The maximum Gasteiger partial charge on any atom is 0.319 e. The molecule has 33 heavy (non-hydrogen) atoms. The third-order valence-electron chi connectivity index (χ3n) is 4.87. The number of rotatable bonds is 7. The lowest BCUT2D eigenvalue weighted by Gasteiger charge is -2.15. The quantitative estimate of drug-likeness (QED) is 0.299. The zero-order chi connectivity index (χ0) is 23.0. The first-order chi connectivity index (χ1) is 16.1. The van der Waals surface area contributed by atoms with Gasteiger partial charge in [-0.3, -0.25) is 0 Å². The molecule has 2 amide bonds. The van der Waals surface area contributed by atoms with Gasteiger partial charge in [0.1, 0.15) is 17.2 Å². The van der Waals surface area contributed by atoms with E-state index in [1.54, 1.807) is 36.4 Å². The number of urea groups is 1. The molecule has 4 aromatic carbocycles. The van der Waals surface area contributed by atoms with Crippen LogP contribution in [0.15, 0.2) is 108 Å². The summed E-state index contributed by atoms with van der Waals surface area (Å²) >= 11 is -1.47. The van der Waals surface area contributed by atoms with Gasteiger partial charge in [-0.2, -0.15) is 0 Å². The number of halogens is 1. The number of nitrogens with one attached hydrogen (secondary N) is 3. The Hall–Kier alpha value is -3.81. The van der Waals surface area contributed by atoms with Crippen LogP contribution in [0.4, 0.5) is 20.6 Å². The average molecular weight is 460 g/mol. The maximum absolute atomic E-state index is 13.2. The summed E-state index contributed by atoms with van der Waals surface area (Å²) < 4.78 is 29.2. The molecule has 7 heteroatoms. The number of carbonyl (C=O) groups is 1. The van der Waals surface area contributed by atoms with Gasteiger partial charge in [0, 0.05) is 17.8 Å². The molecule has 4 rings (SSSR count). The summed E-state index contributed by atoms with van der Waals surface area (Å²) in [4.78, 5) is 12.8. The first-order valence-corrected chi connectivity index (χ1v) is 11.5. The van der Waals surface area contributed by atoms with E-state index in [0.717, 1.165) is 11.1 Å². The van der Waals surface area contributed by atoms with Gasteiger partial charge in [0.2, 0.25) is 0 Å². The third-order valence-corrected chi connectivity index (χ3v) is 6.04. The molecular weight excluding hydrogens is 437 g/mol. The van der Waals surface area contributed by atoms with E-state index in [-0.39, 0.29) is 12.4 Å². The molecule has 0 heterocycles. The second-order valence-electron chi connectivity index (χ2n) is 7.25. The normalized spacial score (nSPS) is 11.5. The summed E-state index contributed by atoms with van der Waals surface area (Å²) in [5.41, 5.74) is 3.79. The van der Waals surface area contributed by atoms with Crippen molar-refractivity contribution >= 4 is 28.8 Å². The Labute approximate surface area is 195 Å². The molecule has 0 saturated carbocycles. The molecule has 0 fully saturated rings. The van der Waals surface area contributed by atoms with Crippen LogP contribution in [0.25, 0.3) is 11.1 Å². The molecule has 3 N–H and O–H groups in total. The lowest BCUT2D eigenvalue weighted by Crippen LogP contribution is -2.28. The predicted molar refractivity (Wildman–Crippen MR) is 131 cm³/mol. The van der Waals surface area contributed by atoms with E-state index in [2.05, 4.69) is 15.4 Å². The van der Waals surface area contributed by atoms with Crippen LogP contribution < -0.4 is 15.4 Å². The smallest absolute Gasteiger partial charge is 0.319 e.